The third-order valence-corrected chi connectivity index (χ3v) is 7.40. The number of aliphatic carboxylic acids is 1. The van der Waals surface area contributed by atoms with Gasteiger partial charge < -0.3 is 5.11 Å². The van der Waals surface area contributed by atoms with Crippen molar-refractivity contribution in [2.45, 2.75) is 65.7 Å². The van der Waals surface area contributed by atoms with Crippen LogP contribution in [0, 0.1) is 23.2 Å². The smallest absolute Gasteiger partial charge is 0.307 e. The van der Waals surface area contributed by atoms with Crippen molar-refractivity contribution < 1.29 is 19.5 Å². The summed E-state index contributed by atoms with van der Waals surface area (Å²) in [7, 11) is 0. The molecule has 0 bridgehead atoms. The SMILES string of the molecule is CC(C)(C)[C@H]1CCc2c(C(=O)NNC(=O)[C@H]3CCCC[C@@H]3C(=O)O)csc2C1. The maximum Gasteiger partial charge on any atom is 0.307 e. The van der Waals surface area contributed by atoms with Crippen LogP contribution in [0.15, 0.2) is 5.38 Å². The van der Waals surface area contributed by atoms with Gasteiger partial charge in [0, 0.05) is 10.3 Å². The molecular weight excluding hydrogens is 376 g/mol. The highest BCUT2D eigenvalue weighted by Gasteiger charge is 2.36. The van der Waals surface area contributed by atoms with E-state index in [0.717, 1.165) is 37.7 Å². The van der Waals surface area contributed by atoms with Crippen LogP contribution in [0.5, 0.6) is 0 Å². The average Bonchev–Trinajstić information content (AvgIpc) is 3.08. The fourth-order valence-electron chi connectivity index (χ4n) is 4.46. The molecule has 0 saturated heterocycles. The Bertz CT molecular complexity index is 765. The van der Waals surface area contributed by atoms with Gasteiger partial charge in [-0.15, -0.1) is 11.3 Å². The highest BCUT2D eigenvalue weighted by molar-refractivity contribution is 7.10. The molecule has 0 unspecified atom stereocenters. The van der Waals surface area contributed by atoms with Crippen molar-refractivity contribution in [2.24, 2.45) is 23.2 Å². The molecule has 1 aromatic rings. The number of rotatable bonds is 3. The number of hydrogen-bond donors (Lipinski definition) is 3. The Kier molecular flexibility index (Phi) is 6.12. The van der Waals surface area contributed by atoms with Crippen LogP contribution in [0.1, 0.15) is 73.7 Å². The lowest BCUT2D eigenvalue weighted by Crippen LogP contribution is -2.48. The van der Waals surface area contributed by atoms with E-state index >= 15 is 0 Å². The predicted molar refractivity (Wildman–Crippen MR) is 108 cm³/mol. The first kappa shape index (κ1) is 20.8. The quantitative estimate of drug-likeness (QED) is 0.669. The summed E-state index contributed by atoms with van der Waals surface area (Å²) in [6.45, 7) is 6.78. The van der Waals surface area contributed by atoms with Crippen molar-refractivity contribution in [2.75, 3.05) is 0 Å². The van der Waals surface area contributed by atoms with Gasteiger partial charge in [0.25, 0.3) is 5.91 Å². The number of hydrazine groups is 1. The standard InChI is InChI=1S/C21H30N2O4S/c1-21(2,3)12-8-9-13-16(11-28-17(13)10-12)19(25)23-22-18(24)14-6-4-5-7-15(14)20(26)27/h11-12,14-15H,4-10H2,1-3H3,(H,22,24)(H,23,25)(H,26,27)/t12-,14-,15-/m0/s1. The zero-order valence-electron chi connectivity index (χ0n) is 16.8. The Hall–Kier alpha value is -1.89. The molecule has 0 radical (unpaired) electrons. The number of nitrogens with one attached hydrogen (secondary N) is 2. The van der Waals surface area contributed by atoms with E-state index in [2.05, 4.69) is 31.6 Å². The molecule has 1 heterocycles. The Morgan fingerprint density at radius 2 is 1.75 bits per heavy atom. The first-order valence-electron chi connectivity index (χ1n) is 10.1. The summed E-state index contributed by atoms with van der Waals surface area (Å²) in [5, 5.41) is 11.2. The van der Waals surface area contributed by atoms with Crippen LogP contribution in [0.25, 0.3) is 0 Å². The van der Waals surface area contributed by atoms with Crippen LogP contribution in [-0.4, -0.2) is 22.9 Å². The molecule has 3 N–H and O–H groups in total. The largest absolute Gasteiger partial charge is 0.481 e. The second kappa shape index (κ2) is 8.23. The van der Waals surface area contributed by atoms with E-state index in [1.54, 1.807) is 11.3 Å². The lowest BCUT2D eigenvalue weighted by molar-refractivity contribution is -0.149. The van der Waals surface area contributed by atoms with E-state index in [1.165, 1.54) is 4.88 Å². The molecule has 0 aliphatic heterocycles. The van der Waals surface area contributed by atoms with Crippen LogP contribution < -0.4 is 10.9 Å². The zero-order chi connectivity index (χ0) is 20.5. The maximum atomic E-state index is 12.6. The van der Waals surface area contributed by atoms with Gasteiger partial charge in [-0.3, -0.25) is 25.2 Å². The molecule has 6 nitrogen and oxygen atoms in total. The van der Waals surface area contributed by atoms with E-state index in [-0.39, 0.29) is 11.3 Å². The van der Waals surface area contributed by atoms with Gasteiger partial charge in [0.05, 0.1) is 17.4 Å². The van der Waals surface area contributed by atoms with E-state index < -0.39 is 23.7 Å². The number of amides is 2. The third kappa shape index (κ3) is 4.40. The monoisotopic (exact) mass is 406 g/mol. The molecule has 1 fully saturated rings. The summed E-state index contributed by atoms with van der Waals surface area (Å²) in [4.78, 5) is 37.7. The van der Waals surface area contributed by atoms with Crippen LogP contribution >= 0.6 is 11.3 Å². The summed E-state index contributed by atoms with van der Waals surface area (Å²) in [6.07, 6.45) is 5.64. The van der Waals surface area contributed by atoms with Crippen LogP contribution in [0.4, 0.5) is 0 Å². The second-order valence-corrected chi connectivity index (χ2v) is 10.1. The summed E-state index contributed by atoms with van der Waals surface area (Å²) < 4.78 is 0. The normalized spacial score (nSPS) is 24.9. The first-order valence-corrected chi connectivity index (χ1v) is 11.0. The second-order valence-electron chi connectivity index (χ2n) is 9.14. The number of carbonyl (C=O) groups excluding carboxylic acids is 2. The molecule has 1 aromatic heterocycles. The fraction of sp³-hybridized carbons (Fsp3) is 0.667. The molecule has 1 saturated carbocycles. The minimum Gasteiger partial charge on any atom is -0.481 e. The molecule has 3 rings (SSSR count). The molecule has 0 spiro atoms. The predicted octanol–water partition coefficient (Wildman–Crippen LogP) is 3.55. The molecule has 0 aromatic carbocycles. The van der Waals surface area contributed by atoms with Crippen molar-refractivity contribution in [3.05, 3.63) is 21.4 Å². The van der Waals surface area contributed by atoms with Gasteiger partial charge in [-0.1, -0.05) is 33.6 Å². The van der Waals surface area contributed by atoms with Crippen LogP contribution in [0.2, 0.25) is 0 Å². The number of hydrogen-bond acceptors (Lipinski definition) is 4. The average molecular weight is 407 g/mol. The third-order valence-electron chi connectivity index (χ3n) is 6.34. The number of carbonyl (C=O) groups is 3. The molecule has 2 aliphatic carbocycles. The van der Waals surface area contributed by atoms with Crippen molar-refractivity contribution >= 4 is 29.1 Å². The van der Waals surface area contributed by atoms with E-state index in [9.17, 15) is 19.5 Å². The molecule has 7 heteroatoms. The molecule has 2 aliphatic rings. The van der Waals surface area contributed by atoms with Crippen molar-refractivity contribution in [3.63, 3.8) is 0 Å². The Morgan fingerprint density at radius 1 is 1.07 bits per heavy atom. The van der Waals surface area contributed by atoms with E-state index in [1.807, 2.05) is 5.38 Å². The maximum absolute atomic E-state index is 12.6. The van der Waals surface area contributed by atoms with Crippen molar-refractivity contribution in [1.29, 1.82) is 0 Å². The molecule has 3 atom stereocenters. The Labute approximate surface area is 170 Å². The van der Waals surface area contributed by atoms with Gasteiger partial charge in [0.15, 0.2) is 0 Å². The van der Waals surface area contributed by atoms with Gasteiger partial charge in [-0.25, -0.2) is 0 Å². The van der Waals surface area contributed by atoms with Gasteiger partial charge >= 0.3 is 5.97 Å². The minimum absolute atomic E-state index is 0.249. The summed E-state index contributed by atoms with van der Waals surface area (Å²) in [5.74, 6) is -2.32. The lowest BCUT2D eigenvalue weighted by Gasteiger charge is -2.34. The molecule has 28 heavy (non-hydrogen) atoms. The van der Waals surface area contributed by atoms with Crippen LogP contribution in [-0.2, 0) is 22.4 Å². The first-order chi connectivity index (χ1) is 13.2. The van der Waals surface area contributed by atoms with Gasteiger partial charge in [0.1, 0.15) is 0 Å². The Morgan fingerprint density at radius 3 is 2.39 bits per heavy atom. The topological polar surface area (TPSA) is 95.5 Å². The summed E-state index contributed by atoms with van der Waals surface area (Å²) in [5.41, 5.74) is 6.95. The van der Waals surface area contributed by atoms with Crippen LogP contribution in [0.3, 0.4) is 0 Å². The highest BCUT2D eigenvalue weighted by atomic mass is 32.1. The van der Waals surface area contributed by atoms with Gasteiger partial charge in [-0.05, 0) is 49.0 Å². The van der Waals surface area contributed by atoms with Gasteiger partial charge in [0.2, 0.25) is 5.91 Å². The Balaban J connectivity index is 1.61. The van der Waals surface area contributed by atoms with Crippen molar-refractivity contribution in [3.8, 4) is 0 Å². The minimum atomic E-state index is -0.938. The molecular formula is C21H30N2O4S. The molecule has 154 valence electrons. The van der Waals surface area contributed by atoms with E-state index in [4.69, 9.17) is 0 Å². The number of carboxylic acids is 1. The lowest BCUT2D eigenvalue weighted by atomic mass is 9.72. The van der Waals surface area contributed by atoms with Crippen molar-refractivity contribution in [1.82, 2.24) is 10.9 Å². The zero-order valence-corrected chi connectivity index (χ0v) is 17.7. The number of fused-ring (bicyclic) bond motifs is 1. The highest BCUT2D eigenvalue weighted by Crippen LogP contribution is 2.40. The van der Waals surface area contributed by atoms with E-state index in [0.29, 0.717) is 24.3 Å². The number of carboxylic acid groups (broad SMARTS) is 1. The molecule has 2 amide bonds. The van der Waals surface area contributed by atoms with Gasteiger partial charge in [-0.2, -0.15) is 0 Å². The fourth-order valence-corrected chi connectivity index (χ4v) is 5.62. The number of thiophene rings is 1. The summed E-state index contributed by atoms with van der Waals surface area (Å²) in [6, 6.07) is 0. The summed E-state index contributed by atoms with van der Waals surface area (Å²) >= 11 is 1.62.